The smallest absolute Gasteiger partial charge is 0.282 e. The molecule has 0 aromatic heterocycles. The molecule has 1 aliphatic rings. The minimum absolute atomic E-state index is 0.0727. The minimum atomic E-state index is -0.607. The van der Waals surface area contributed by atoms with Gasteiger partial charge in [-0.25, -0.2) is 4.39 Å². The lowest BCUT2D eigenvalue weighted by Crippen LogP contribution is -2.42. The third-order valence-corrected chi connectivity index (χ3v) is 4.41. The number of fused-ring (bicyclic) bond motifs is 1. The first-order valence-electron chi connectivity index (χ1n) is 7.44. The normalized spacial score (nSPS) is 16.6. The highest BCUT2D eigenvalue weighted by atomic mass is 35.5. The van der Waals surface area contributed by atoms with E-state index in [1.807, 2.05) is 6.92 Å². The van der Waals surface area contributed by atoms with E-state index in [0.29, 0.717) is 24.1 Å². The van der Waals surface area contributed by atoms with Crippen LogP contribution in [0.15, 0.2) is 36.4 Å². The van der Waals surface area contributed by atoms with Gasteiger partial charge in [0, 0.05) is 22.8 Å². The number of amides is 1. The van der Waals surface area contributed by atoms with Gasteiger partial charge in [-0.05, 0) is 55.7 Å². The van der Waals surface area contributed by atoms with Gasteiger partial charge in [-0.15, -0.1) is 0 Å². The summed E-state index contributed by atoms with van der Waals surface area (Å²) < 4.78 is 13.5. The van der Waals surface area contributed by atoms with Crippen LogP contribution in [-0.2, 0) is 6.42 Å². The van der Waals surface area contributed by atoms with E-state index in [4.69, 9.17) is 11.6 Å². The molecule has 0 saturated carbocycles. The van der Waals surface area contributed by atoms with Gasteiger partial charge in [0.15, 0.2) is 0 Å². The number of hydrogen-bond acceptors (Lipinski definition) is 3. The van der Waals surface area contributed by atoms with Crippen molar-refractivity contribution < 1.29 is 14.1 Å². The van der Waals surface area contributed by atoms with Crippen LogP contribution in [-0.4, -0.2) is 16.9 Å². The molecule has 0 N–H and O–H groups in total. The lowest BCUT2D eigenvalue weighted by atomic mass is 9.95. The van der Waals surface area contributed by atoms with Crippen molar-refractivity contribution in [3.63, 3.8) is 0 Å². The van der Waals surface area contributed by atoms with Gasteiger partial charge >= 0.3 is 0 Å². The molecule has 1 unspecified atom stereocenters. The Labute approximate surface area is 142 Å². The molecular formula is C17H14ClFN2O3. The maximum Gasteiger partial charge on any atom is 0.282 e. The van der Waals surface area contributed by atoms with E-state index >= 15 is 0 Å². The van der Waals surface area contributed by atoms with Gasteiger partial charge in [0.05, 0.1) is 4.92 Å². The summed E-state index contributed by atoms with van der Waals surface area (Å²) in [5.41, 5.74) is 0.919. The second-order valence-electron chi connectivity index (χ2n) is 5.75. The quantitative estimate of drug-likeness (QED) is 0.598. The van der Waals surface area contributed by atoms with E-state index in [1.165, 1.54) is 41.3 Å². The van der Waals surface area contributed by atoms with E-state index in [-0.39, 0.29) is 28.1 Å². The van der Waals surface area contributed by atoms with Crippen LogP contribution in [0.1, 0.15) is 29.3 Å². The molecule has 0 fully saturated rings. The lowest BCUT2D eigenvalue weighted by Gasteiger charge is -2.35. The van der Waals surface area contributed by atoms with Crippen LogP contribution in [0, 0.1) is 15.9 Å². The van der Waals surface area contributed by atoms with Crippen LogP contribution in [0.3, 0.4) is 0 Å². The van der Waals surface area contributed by atoms with Crippen LogP contribution in [0.2, 0.25) is 5.02 Å². The summed E-state index contributed by atoms with van der Waals surface area (Å²) in [6.07, 6.45) is 1.30. The second kappa shape index (κ2) is 6.20. The summed E-state index contributed by atoms with van der Waals surface area (Å²) in [6, 6.07) is 7.95. The van der Waals surface area contributed by atoms with Crippen LogP contribution in [0.5, 0.6) is 0 Å². The highest BCUT2D eigenvalue weighted by molar-refractivity contribution is 6.31. The Kier molecular flexibility index (Phi) is 4.24. The Hall–Kier alpha value is -2.47. The maximum atomic E-state index is 13.5. The van der Waals surface area contributed by atoms with Gasteiger partial charge in [-0.2, -0.15) is 0 Å². The molecule has 0 spiro atoms. The molecule has 24 heavy (non-hydrogen) atoms. The van der Waals surface area contributed by atoms with Gasteiger partial charge in [-0.1, -0.05) is 11.6 Å². The van der Waals surface area contributed by atoms with Crippen molar-refractivity contribution in [3.05, 3.63) is 68.5 Å². The zero-order chi connectivity index (χ0) is 17.4. The molecule has 2 aromatic rings. The highest BCUT2D eigenvalue weighted by Crippen LogP contribution is 2.34. The molecule has 124 valence electrons. The number of halogens is 2. The van der Waals surface area contributed by atoms with Gasteiger partial charge in [0.1, 0.15) is 11.4 Å². The summed E-state index contributed by atoms with van der Waals surface area (Å²) in [5, 5.41) is 11.5. The minimum Gasteiger partial charge on any atom is -0.305 e. The third-order valence-electron chi connectivity index (χ3n) is 4.18. The van der Waals surface area contributed by atoms with E-state index in [0.717, 1.165) is 0 Å². The molecule has 5 nitrogen and oxygen atoms in total. The SMILES string of the molecule is CC1CCc2cc(F)ccc2N1C(=O)c1cc(Cl)ccc1[N+](=O)[O-]. The second-order valence-corrected chi connectivity index (χ2v) is 6.19. The first kappa shape index (κ1) is 16.4. The monoisotopic (exact) mass is 348 g/mol. The summed E-state index contributed by atoms with van der Waals surface area (Å²) in [5.74, 6) is -0.881. The molecule has 3 rings (SSSR count). The number of carbonyl (C=O) groups is 1. The van der Waals surface area contributed by atoms with E-state index in [9.17, 15) is 19.3 Å². The fourth-order valence-corrected chi connectivity index (χ4v) is 3.17. The van der Waals surface area contributed by atoms with Crippen LogP contribution in [0.25, 0.3) is 0 Å². The van der Waals surface area contributed by atoms with Crippen LogP contribution in [0.4, 0.5) is 15.8 Å². The molecule has 1 aliphatic heterocycles. The number of nitro groups is 1. The first-order valence-corrected chi connectivity index (χ1v) is 7.82. The standard InChI is InChI=1S/C17H14ClFN2O3/c1-10-2-3-11-8-13(19)5-7-15(11)20(10)17(22)14-9-12(18)4-6-16(14)21(23)24/h4-10H,2-3H2,1H3. The van der Waals surface area contributed by atoms with Gasteiger partial charge in [0.25, 0.3) is 11.6 Å². The van der Waals surface area contributed by atoms with Gasteiger partial charge in [-0.3, -0.25) is 14.9 Å². The Bertz CT molecular complexity index is 841. The molecule has 1 atom stereocenters. The van der Waals surface area contributed by atoms with Gasteiger partial charge in [0.2, 0.25) is 0 Å². The summed E-state index contributed by atoms with van der Waals surface area (Å²) in [4.78, 5) is 25.1. The molecule has 0 radical (unpaired) electrons. The Morgan fingerprint density at radius 2 is 2.08 bits per heavy atom. The fourth-order valence-electron chi connectivity index (χ4n) is 3.00. The Morgan fingerprint density at radius 1 is 1.33 bits per heavy atom. The Morgan fingerprint density at radius 3 is 2.79 bits per heavy atom. The van der Waals surface area contributed by atoms with Crippen molar-refractivity contribution in [2.24, 2.45) is 0 Å². The lowest BCUT2D eigenvalue weighted by molar-refractivity contribution is -0.385. The average Bonchev–Trinajstić information content (AvgIpc) is 2.54. The Balaban J connectivity index is 2.11. The third kappa shape index (κ3) is 2.85. The number of anilines is 1. The average molecular weight is 349 g/mol. The topological polar surface area (TPSA) is 63.5 Å². The number of benzene rings is 2. The van der Waals surface area contributed by atoms with Crippen molar-refractivity contribution in [1.82, 2.24) is 0 Å². The predicted molar refractivity (Wildman–Crippen MR) is 89.1 cm³/mol. The molecular weight excluding hydrogens is 335 g/mol. The number of rotatable bonds is 2. The van der Waals surface area contributed by atoms with E-state index in [1.54, 1.807) is 0 Å². The summed E-state index contributed by atoms with van der Waals surface area (Å²) in [6.45, 7) is 1.86. The number of carbonyl (C=O) groups excluding carboxylic acids is 1. The fraction of sp³-hybridized carbons (Fsp3) is 0.235. The van der Waals surface area contributed by atoms with Crippen molar-refractivity contribution in [2.75, 3.05) is 4.90 Å². The molecule has 1 amide bonds. The maximum absolute atomic E-state index is 13.5. The van der Waals surface area contributed by atoms with Crippen LogP contribution < -0.4 is 4.90 Å². The zero-order valence-electron chi connectivity index (χ0n) is 12.8. The number of aryl methyl sites for hydroxylation is 1. The van der Waals surface area contributed by atoms with Crippen molar-refractivity contribution in [2.45, 2.75) is 25.8 Å². The van der Waals surface area contributed by atoms with Crippen LogP contribution >= 0.6 is 11.6 Å². The van der Waals surface area contributed by atoms with Crippen molar-refractivity contribution in [1.29, 1.82) is 0 Å². The van der Waals surface area contributed by atoms with Crippen molar-refractivity contribution in [3.8, 4) is 0 Å². The highest BCUT2D eigenvalue weighted by Gasteiger charge is 2.32. The molecule has 7 heteroatoms. The number of nitrogens with zero attached hydrogens (tertiary/aromatic N) is 2. The predicted octanol–water partition coefficient (Wildman–Crippen LogP) is 4.37. The largest absolute Gasteiger partial charge is 0.305 e. The molecule has 1 heterocycles. The summed E-state index contributed by atoms with van der Waals surface area (Å²) >= 11 is 5.92. The van der Waals surface area contributed by atoms with Gasteiger partial charge < -0.3 is 4.90 Å². The molecule has 0 saturated heterocycles. The van der Waals surface area contributed by atoms with Crippen molar-refractivity contribution >= 4 is 28.9 Å². The first-order chi connectivity index (χ1) is 11.4. The zero-order valence-corrected chi connectivity index (χ0v) is 13.6. The molecule has 2 aromatic carbocycles. The molecule has 0 aliphatic carbocycles. The van der Waals surface area contributed by atoms with E-state index in [2.05, 4.69) is 0 Å². The summed E-state index contributed by atoms with van der Waals surface area (Å²) in [7, 11) is 0. The molecule has 0 bridgehead atoms. The number of nitro benzene ring substituents is 1. The van der Waals surface area contributed by atoms with E-state index < -0.39 is 10.8 Å². The number of hydrogen-bond donors (Lipinski definition) is 0.